The van der Waals surface area contributed by atoms with E-state index in [0.29, 0.717) is 18.8 Å². The van der Waals surface area contributed by atoms with E-state index in [4.69, 9.17) is 0 Å². The van der Waals surface area contributed by atoms with Gasteiger partial charge in [-0.2, -0.15) is 0 Å². The third kappa shape index (κ3) is 3.38. The quantitative estimate of drug-likeness (QED) is 0.848. The summed E-state index contributed by atoms with van der Waals surface area (Å²) in [5, 5.41) is 20.8. The molecule has 2 rings (SSSR count). The first-order valence-electron chi connectivity index (χ1n) is 7.40. The van der Waals surface area contributed by atoms with Crippen molar-refractivity contribution >= 4 is 10.8 Å². The van der Waals surface area contributed by atoms with Crippen LogP contribution in [0.15, 0.2) is 30.3 Å². The number of fused-ring (bicyclic) bond motifs is 1. The number of aliphatic hydroxyl groups is 2. The highest BCUT2D eigenvalue weighted by molar-refractivity contribution is 5.89. The zero-order valence-corrected chi connectivity index (χ0v) is 12.4. The highest BCUT2D eigenvalue weighted by atomic mass is 16.3. The van der Waals surface area contributed by atoms with Crippen molar-refractivity contribution in [3.8, 4) is 0 Å². The summed E-state index contributed by atoms with van der Waals surface area (Å²) in [5.41, 5.74) is 3.71. The van der Waals surface area contributed by atoms with Gasteiger partial charge in [0.2, 0.25) is 0 Å². The molecule has 20 heavy (non-hydrogen) atoms. The van der Waals surface area contributed by atoms with Crippen LogP contribution in [0.2, 0.25) is 0 Å². The van der Waals surface area contributed by atoms with Crippen LogP contribution in [0, 0.1) is 5.92 Å². The highest BCUT2D eigenvalue weighted by Crippen LogP contribution is 2.26. The fourth-order valence-electron chi connectivity index (χ4n) is 2.79. The first kappa shape index (κ1) is 15.0. The summed E-state index contributed by atoms with van der Waals surface area (Å²) in [6.45, 7) is 4.78. The van der Waals surface area contributed by atoms with Crippen molar-refractivity contribution in [1.82, 2.24) is 0 Å². The monoisotopic (exact) mass is 272 g/mol. The molecule has 2 N–H and O–H groups in total. The second-order valence-corrected chi connectivity index (χ2v) is 5.81. The Bertz CT molecular complexity index is 573. The zero-order valence-electron chi connectivity index (χ0n) is 12.4. The van der Waals surface area contributed by atoms with Gasteiger partial charge in [-0.05, 0) is 52.6 Å². The van der Waals surface area contributed by atoms with Crippen LogP contribution in [0.5, 0.6) is 0 Å². The minimum atomic E-state index is 0.169. The number of hydrogen-bond donors (Lipinski definition) is 2. The lowest BCUT2D eigenvalue weighted by Gasteiger charge is -2.13. The van der Waals surface area contributed by atoms with Gasteiger partial charge in [0.05, 0.1) is 0 Å². The second kappa shape index (κ2) is 6.87. The van der Waals surface area contributed by atoms with Gasteiger partial charge in [-0.3, -0.25) is 0 Å². The van der Waals surface area contributed by atoms with Gasteiger partial charge in [0.15, 0.2) is 0 Å². The Kier molecular flexibility index (Phi) is 5.16. The topological polar surface area (TPSA) is 40.5 Å². The molecule has 0 aromatic heterocycles. The Balaban J connectivity index is 2.53. The minimum Gasteiger partial charge on any atom is -0.396 e. The summed E-state index contributed by atoms with van der Waals surface area (Å²) < 4.78 is 0. The van der Waals surface area contributed by atoms with Gasteiger partial charge in [-0.25, -0.2) is 0 Å². The van der Waals surface area contributed by atoms with E-state index in [9.17, 15) is 10.2 Å². The number of hydrogen-bond acceptors (Lipinski definition) is 2. The van der Waals surface area contributed by atoms with Crippen LogP contribution < -0.4 is 0 Å². The van der Waals surface area contributed by atoms with Crippen LogP contribution in [0.25, 0.3) is 10.8 Å². The molecule has 0 spiro atoms. The first-order valence-corrected chi connectivity index (χ1v) is 7.40. The molecule has 0 atom stereocenters. The smallest absolute Gasteiger partial charge is 0.0471 e. The van der Waals surface area contributed by atoms with Crippen molar-refractivity contribution in [1.29, 1.82) is 0 Å². The van der Waals surface area contributed by atoms with E-state index in [0.717, 1.165) is 6.42 Å². The average molecular weight is 272 g/mol. The predicted molar refractivity (Wildman–Crippen MR) is 84.1 cm³/mol. The predicted octanol–water partition coefficient (Wildman–Crippen LogP) is 3.11. The third-order valence-corrected chi connectivity index (χ3v) is 3.67. The molecule has 2 nitrogen and oxygen atoms in total. The Hall–Kier alpha value is -1.38. The summed E-state index contributed by atoms with van der Waals surface area (Å²) in [4.78, 5) is 0. The standard InChI is InChI=1S/C18H24O2/c1-13(2)11-14-3-6-17-15(7-9-19)4-5-16(8-10-20)18(17)12-14/h3-6,12-13,19-20H,7-11H2,1-2H3. The molecule has 2 heteroatoms. The molecule has 0 aliphatic rings. The van der Waals surface area contributed by atoms with Gasteiger partial charge < -0.3 is 10.2 Å². The molecule has 0 bridgehead atoms. The molecular weight excluding hydrogens is 248 g/mol. The maximum Gasteiger partial charge on any atom is 0.0471 e. The van der Waals surface area contributed by atoms with E-state index in [1.54, 1.807) is 0 Å². The van der Waals surface area contributed by atoms with E-state index in [1.165, 1.54) is 27.5 Å². The average Bonchev–Trinajstić information content (AvgIpc) is 2.41. The van der Waals surface area contributed by atoms with E-state index in [-0.39, 0.29) is 13.2 Å². The zero-order chi connectivity index (χ0) is 14.5. The lowest BCUT2D eigenvalue weighted by atomic mass is 9.93. The molecular formula is C18H24O2. The van der Waals surface area contributed by atoms with Crippen molar-refractivity contribution < 1.29 is 10.2 Å². The summed E-state index contributed by atoms with van der Waals surface area (Å²) in [6, 6.07) is 10.8. The van der Waals surface area contributed by atoms with Crippen molar-refractivity contribution in [3.63, 3.8) is 0 Å². The van der Waals surface area contributed by atoms with E-state index < -0.39 is 0 Å². The van der Waals surface area contributed by atoms with Gasteiger partial charge in [-0.15, -0.1) is 0 Å². The molecule has 2 aromatic rings. The van der Waals surface area contributed by atoms with Crippen molar-refractivity contribution in [2.24, 2.45) is 5.92 Å². The van der Waals surface area contributed by atoms with Crippen LogP contribution in [0.4, 0.5) is 0 Å². The number of aliphatic hydroxyl groups excluding tert-OH is 2. The second-order valence-electron chi connectivity index (χ2n) is 5.81. The van der Waals surface area contributed by atoms with Crippen LogP contribution in [0.1, 0.15) is 30.5 Å². The fourth-order valence-corrected chi connectivity index (χ4v) is 2.79. The maximum atomic E-state index is 9.23. The fraction of sp³-hybridized carbons (Fsp3) is 0.444. The Labute approximate surface area is 121 Å². The van der Waals surface area contributed by atoms with Crippen LogP contribution in [-0.4, -0.2) is 23.4 Å². The summed E-state index contributed by atoms with van der Waals surface area (Å²) in [5.74, 6) is 0.634. The van der Waals surface area contributed by atoms with E-state index in [1.807, 2.05) is 0 Å². The molecule has 0 aliphatic carbocycles. The molecule has 0 saturated carbocycles. The first-order chi connectivity index (χ1) is 9.65. The van der Waals surface area contributed by atoms with Gasteiger partial charge in [-0.1, -0.05) is 44.2 Å². The lowest BCUT2D eigenvalue weighted by molar-refractivity contribution is 0.299. The van der Waals surface area contributed by atoms with Crippen LogP contribution in [-0.2, 0) is 19.3 Å². The number of rotatable bonds is 6. The molecule has 0 unspecified atom stereocenters. The van der Waals surface area contributed by atoms with Crippen molar-refractivity contribution in [2.45, 2.75) is 33.1 Å². The largest absolute Gasteiger partial charge is 0.396 e. The lowest BCUT2D eigenvalue weighted by Crippen LogP contribution is -1.99. The molecule has 0 aliphatic heterocycles. The van der Waals surface area contributed by atoms with Crippen molar-refractivity contribution in [3.05, 3.63) is 47.0 Å². The van der Waals surface area contributed by atoms with E-state index in [2.05, 4.69) is 44.2 Å². The normalized spacial score (nSPS) is 11.4. The summed E-state index contributed by atoms with van der Waals surface area (Å²) >= 11 is 0. The molecule has 0 radical (unpaired) electrons. The van der Waals surface area contributed by atoms with Gasteiger partial charge >= 0.3 is 0 Å². The molecule has 0 saturated heterocycles. The molecule has 2 aromatic carbocycles. The summed E-state index contributed by atoms with van der Waals surface area (Å²) in [7, 11) is 0. The summed E-state index contributed by atoms with van der Waals surface area (Å²) in [6.07, 6.45) is 2.43. The van der Waals surface area contributed by atoms with Gasteiger partial charge in [0.1, 0.15) is 0 Å². The highest BCUT2D eigenvalue weighted by Gasteiger charge is 2.08. The Morgan fingerprint density at radius 2 is 1.45 bits per heavy atom. The Morgan fingerprint density at radius 3 is 2.00 bits per heavy atom. The van der Waals surface area contributed by atoms with Gasteiger partial charge in [0.25, 0.3) is 0 Å². The van der Waals surface area contributed by atoms with Crippen LogP contribution in [0.3, 0.4) is 0 Å². The minimum absolute atomic E-state index is 0.169. The molecule has 108 valence electrons. The molecule has 0 fully saturated rings. The number of benzene rings is 2. The molecule has 0 heterocycles. The SMILES string of the molecule is CC(C)Cc1ccc2c(CCO)ccc(CCO)c2c1. The van der Waals surface area contributed by atoms with E-state index >= 15 is 0 Å². The Morgan fingerprint density at radius 1 is 0.850 bits per heavy atom. The van der Waals surface area contributed by atoms with Crippen LogP contribution >= 0.6 is 0 Å². The molecule has 0 amide bonds. The van der Waals surface area contributed by atoms with Gasteiger partial charge in [0, 0.05) is 13.2 Å². The third-order valence-electron chi connectivity index (χ3n) is 3.67. The maximum absolute atomic E-state index is 9.23. The van der Waals surface area contributed by atoms with Crippen molar-refractivity contribution in [2.75, 3.05) is 13.2 Å².